The van der Waals surface area contributed by atoms with Crippen molar-refractivity contribution in [3.8, 4) is 0 Å². The maximum absolute atomic E-state index is 13.9. The number of hydrogen-bond donors (Lipinski definition) is 1. The van der Waals surface area contributed by atoms with E-state index in [1.807, 2.05) is 42.5 Å². The van der Waals surface area contributed by atoms with E-state index in [4.69, 9.17) is 17.3 Å². The molecule has 0 aliphatic rings. The van der Waals surface area contributed by atoms with Gasteiger partial charge in [-0.25, -0.2) is 4.39 Å². The molecule has 0 saturated carbocycles. The van der Waals surface area contributed by atoms with Gasteiger partial charge in [-0.2, -0.15) is 0 Å². The van der Waals surface area contributed by atoms with Crippen LogP contribution >= 0.6 is 11.6 Å². The normalized spacial score (nSPS) is 12.5. The van der Waals surface area contributed by atoms with Crippen LogP contribution in [0.5, 0.6) is 0 Å². The summed E-state index contributed by atoms with van der Waals surface area (Å²) in [4.78, 5) is 0. The summed E-state index contributed by atoms with van der Waals surface area (Å²) in [7, 11) is 0. The van der Waals surface area contributed by atoms with Gasteiger partial charge >= 0.3 is 0 Å². The summed E-state index contributed by atoms with van der Waals surface area (Å²) < 4.78 is 13.9. The lowest BCUT2D eigenvalue weighted by Crippen LogP contribution is -2.14. The molecule has 0 amide bonds. The first-order valence-electron chi connectivity index (χ1n) is 6.83. The second kappa shape index (κ2) is 5.84. The molecule has 0 aliphatic carbocycles. The Labute approximate surface area is 128 Å². The Morgan fingerprint density at radius 1 is 0.905 bits per heavy atom. The van der Waals surface area contributed by atoms with Crippen LogP contribution in [0.3, 0.4) is 0 Å². The van der Waals surface area contributed by atoms with Crippen molar-refractivity contribution < 1.29 is 4.39 Å². The summed E-state index contributed by atoms with van der Waals surface area (Å²) in [6.07, 6.45) is 0.620. The fraction of sp³-hybridized carbons (Fsp3) is 0.111. The first kappa shape index (κ1) is 14.1. The Morgan fingerprint density at radius 2 is 1.57 bits per heavy atom. The topological polar surface area (TPSA) is 26.0 Å². The maximum atomic E-state index is 13.9. The van der Waals surface area contributed by atoms with Crippen molar-refractivity contribution in [3.05, 3.63) is 82.6 Å². The smallest absolute Gasteiger partial charge is 0.131 e. The maximum Gasteiger partial charge on any atom is 0.131 e. The fourth-order valence-electron chi connectivity index (χ4n) is 2.62. The minimum atomic E-state index is -0.226. The Balaban J connectivity index is 2.01. The van der Waals surface area contributed by atoms with E-state index in [-0.39, 0.29) is 11.9 Å². The summed E-state index contributed by atoms with van der Waals surface area (Å²) in [6.45, 7) is 0. The van der Waals surface area contributed by atoms with Gasteiger partial charge in [0.15, 0.2) is 0 Å². The minimum Gasteiger partial charge on any atom is -0.324 e. The highest BCUT2D eigenvalue weighted by Gasteiger charge is 2.13. The Bertz CT molecular complexity index is 785. The largest absolute Gasteiger partial charge is 0.324 e. The molecule has 3 aromatic rings. The van der Waals surface area contributed by atoms with Crippen molar-refractivity contribution in [1.82, 2.24) is 0 Å². The van der Waals surface area contributed by atoms with Crippen LogP contribution in [0.2, 0.25) is 5.02 Å². The van der Waals surface area contributed by atoms with Gasteiger partial charge in [0, 0.05) is 16.5 Å². The molecule has 0 saturated heterocycles. The summed E-state index contributed by atoms with van der Waals surface area (Å²) in [6, 6.07) is 18.1. The van der Waals surface area contributed by atoms with Crippen LogP contribution in [0.4, 0.5) is 4.39 Å². The average molecular weight is 300 g/mol. The van der Waals surface area contributed by atoms with E-state index in [1.165, 1.54) is 6.07 Å². The first-order chi connectivity index (χ1) is 10.2. The lowest BCUT2D eigenvalue weighted by atomic mass is 9.94. The van der Waals surface area contributed by atoms with E-state index >= 15 is 0 Å². The first-order valence-corrected chi connectivity index (χ1v) is 7.21. The van der Waals surface area contributed by atoms with Crippen molar-refractivity contribution in [2.45, 2.75) is 12.5 Å². The summed E-state index contributed by atoms with van der Waals surface area (Å²) in [5.41, 5.74) is 8.27. The van der Waals surface area contributed by atoms with Crippen LogP contribution in [-0.2, 0) is 6.42 Å². The summed E-state index contributed by atoms with van der Waals surface area (Å²) in [5.74, 6) is -0.223. The zero-order valence-corrected chi connectivity index (χ0v) is 12.1. The van der Waals surface area contributed by atoms with Gasteiger partial charge in [-0.05, 0) is 35.1 Å². The molecule has 21 heavy (non-hydrogen) atoms. The van der Waals surface area contributed by atoms with Crippen molar-refractivity contribution >= 4 is 22.4 Å². The SMILES string of the molecule is NC(Cc1ccccc1Cl)c1ccc(F)c2ccccc12. The molecule has 1 atom stereocenters. The minimum absolute atomic E-state index is 0.223. The van der Waals surface area contributed by atoms with E-state index in [0.29, 0.717) is 16.8 Å². The number of fused-ring (bicyclic) bond motifs is 1. The van der Waals surface area contributed by atoms with Crippen molar-refractivity contribution in [2.24, 2.45) is 5.73 Å². The van der Waals surface area contributed by atoms with E-state index in [0.717, 1.165) is 16.5 Å². The van der Waals surface area contributed by atoms with Crippen LogP contribution in [0.15, 0.2) is 60.7 Å². The number of nitrogens with two attached hydrogens (primary N) is 1. The third-order valence-electron chi connectivity index (χ3n) is 3.70. The van der Waals surface area contributed by atoms with Gasteiger partial charge in [-0.15, -0.1) is 0 Å². The molecule has 3 aromatic carbocycles. The van der Waals surface area contributed by atoms with Crippen LogP contribution in [-0.4, -0.2) is 0 Å². The number of hydrogen-bond acceptors (Lipinski definition) is 1. The van der Waals surface area contributed by atoms with Crippen LogP contribution in [0.25, 0.3) is 10.8 Å². The predicted octanol–water partition coefficient (Wildman–Crippen LogP) is 4.87. The molecular weight excluding hydrogens is 285 g/mol. The lowest BCUT2D eigenvalue weighted by molar-refractivity contribution is 0.637. The van der Waals surface area contributed by atoms with Gasteiger partial charge in [-0.3, -0.25) is 0 Å². The molecular formula is C18H15ClFN. The molecule has 0 aromatic heterocycles. The van der Waals surface area contributed by atoms with E-state index < -0.39 is 0 Å². The van der Waals surface area contributed by atoms with Crippen LogP contribution in [0.1, 0.15) is 17.2 Å². The third kappa shape index (κ3) is 2.78. The van der Waals surface area contributed by atoms with Crippen molar-refractivity contribution in [1.29, 1.82) is 0 Å². The second-order valence-corrected chi connectivity index (χ2v) is 5.49. The van der Waals surface area contributed by atoms with Gasteiger partial charge in [0.05, 0.1) is 0 Å². The summed E-state index contributed by atoms with van der Waals surface area (Å²) >= 11 is 6.18. The van der Waals surface area contributed by atoms with Crippen LogP contribution in [0, 0.1) is 5.82 Å². The molecule has 0 fully saturated rings. The van der Waals surface area contributed by atoms with Crippen molar-refractivity contribution in [2.75, 3.05) is 0 Å². The average Bonchev–Trinajstić information content (AvgIpc) is 2.50. The zero-order valence-electron chi connectivity index (χ0n) is 11.4. The van der Waals surface area contributed by atoms with Gasteiger partial charge in [0.1, 0.15) is 5.82 Å². The van der Waals surface area contributed by atoms with Gasteiger partial charge < -0.3 is 5.73 Å². The van der Waals surface area contributed by atoms with Crippen molar-refractivity contribution in [3.63, 3.8) is 0 Å². The highest BCUT2D eigenvalue weighted by molar-refractivity contribution is 6.31. The van der Waals surface area contributed by atoms with E-state index in [2.05, 4.69) is 0 Å². The molecule has 2 N–H and O–H groups in total. The van der Waals surface area contributed by atoms with Gasteiger partial charge in [0.25, 0.3) is 0 Å². The van der Waals surface area contributed by atoms with Gasteiger partial charge in [0.2, 0.25) is 0 Å². The van der Waals surface area contributed by atoms with E-state index in [9.17, 15) is 4.39 Å². The number of benzene rings is 3. The Hall–Kier alpha value is -1.90. The quantitative estimate of drug-likeness (QED) is 0.733. The standard InChI is InChI=1S/C18H15ClFN/c19-16-8-4-1-5-12(16)11-18(21)15-9-10-17(20)14-7-3-2-6-13(14)15/h1-10,18H,11,21H2. The Morgan fingerprint density at radius 3 is 2.33 bits per heavy atom. The highest BCUT2D eigenvalue weighted by atomic mass is 35.5. The fourth-order valence-corrected chi connectivity index (χ4v) is 2.83. The molecule has 0 aliphatic heterocycles. The molecule has 0 heterocycles. The molecule has 0 radical (unpaired) electrons. The van der Waals surface area contributed by atoms with Gasteiger partial charge in [-0.1, -0.05) is 60.1 Å². The number of halogens is 2. The molecule has 3 heteroatoms. The molecule has 0 bridgehead atoms. The molecule has 0 spiro atoms. The predicted molar refractivity (Wildman–Crippen MR) is 86.0 cm³/mol. The zero-order chi connectivity index (χ0) is 14.8. The second-order valence-electron chi connectivity index (χ2n) is 5.08. The molecule has 106 valence electrons. The Kier molecular flexibility index (Phi) is 3.91. The van der Waals surface area contributed by atoms with Crippen LogP contribution < -0.4 is 5.73 Å². The lowest BCUT2D eigenvalue weighted by Gasteiger charge is -2.16. The number of rotatable bonds is 3. The summed E-state index contributed by atoms with van der Waals surface area (Å²) in [5, 5.41) is 2.17. The highest BCUT2D eigenvalue weighted by Crippen LogP contribution is 2.28. The monoisotopic (exact) mass is 299 g/mol. The molecule has 3 rings (SSSR count). The molecule has 1 nitrogen and oxygen atoms in total. The van der Waals surface area contributed by atoms with E-state index in [1.54, 1.807) is 12.1 Å². The third-order valence-corrected chi connectivity index (χ3v) is 4.07. The molecule has 1 unspecified atom stereocenters.